The molecule has 0 aromatic heterocycles. The topological polar surface area (TPSA) is 20.2 Å². The highest BCUT2D eigenvalue weighted by Gasteiger charge is 2.14. The fraction of sp³-hybridized carbons (Fsp3) is 0.200. The van der Waals surface area contributed by atoms with E-state index >= 15 is 0 Å². The highest BCUT2D eigenvalue weighted by atomic mass is 35.5. The second-order valence-electron chi connectivity index (χ2n) is 4.37. The van der Waals surface area contributed by atoms with E-state index in [-0.39, 0.29) is 18.3 Å². The molecular formula is C15H13Cl2FO. The maximum Gasteiger partial charge on any atom is 0.123 e. The molecule has 0 heterocycles. The third-order valence-corrected chi connectivity index (χ3v) is 3.62. The van der Waals surface area contributed by atoms with Crippen LogP contribution in [0.1, 0.15) is 17.0 Å². The van der Waals surface area contributed by atoms with Crippen molar-refractivity contribution in [3.8, 4) is 0 Å². The van der Waals surface area contributed by atoms with Gasteiger partial charge in [0.2, 0.25) is 0 Å². The Bertz CT molecular complexity index is 572. The quantitative estimate of drug-likeness (QED) is 0.884. The van der Waals surface area contributed by atoms with Gasteiger partial charge in [0.05, 0.1) is 6.61 Å². The van der Waals surface area contributed by atoms with E-state index in [9.17, 15) is 9.50 Å². The van der Waals surface area contributed by atoms with Gasteiger partial charge in [0.25, 0.3) is 0 Å². The second kappa shape index (κ2) is 6.38. The van der Waals surface area contributed by atoms with Crippen molar-refractivity contribution < 1.29 is 9.50 Å². The number of aliphatic hydroxyl groups excluding tert-OH is 1. The maximum absolute atomic E-state index is 13.2. The molecule has 0 spiro atoms. The van der Waals surface area contributed by atoms with Crippen LogP contribution >= 0.6 is 23.2 Å². The van der Waals surface area contributed by atoms with Gasteiger partial charge in [0.1, 0.15) is 5.82 Å². The van der Waals surface area contributed by atoms with Crippen molar-refractivity contribution in [2.75, 3.05) is 6.61 Å². The summed E-state index contributed by atoms with van der Waals surface area (Å²) in [5.41, 5.74) is 1.59. The van der Waals surface area contributed by atoms with Crippen LogP contribution in [0.5, 0.6) is 0 Å². The van der Waals surface area contributed by atoms with E-state index in [1.807, 2.05) is 12.1 Å². The largest absolute Gasteiger partial charge is 0.396 e. The van der Waals surface area contributed by atoms with Gasteiger partial charge in [0, 0.05) is 16.0 Å². The van der Waals surface area contributed by atoms with Gasteiger partial charge in [-0.2, -0.15) is 0 Å². The average molecular weight is 299 g/mol. The lowest BCUT2D eigenvalue weighted by Crippen LogP contribution is -2.08. The van der Waals surface area contributed by atoms with E-state index in [1.54, 1.807) is 12.1 Å². The molecule has 0 bridgehead atoms. The first-order chi connectivity index (χ1) is 9.10. The minimum Gasteiger partial charge on any atom is -0.396 e. The average Bonchev–Trinajstić information content (AvgIpc) is 2.39. The number of halogens is 3. The molecule has 1 N–H and O–H groups in total. The first kappa shape index (κ1) is 14.3. The molecule has 0 fully saturated rings. The Morgan fingerprint density at radius 2 is 1.89 bits per heavy atom. The molecule has 100 valence electrons. The fourth-order valence-corrected chi connectivity index (χ4v) is 2.41. The Kier molecular flexibility index (Phi) is 4.81. The van der Waals surface area contributed by atoms with Gasteiger partial charge in [-0.25, -0.2) is 4.39 Å². The van der Waals surface area contributed by atoms with Crippen LogP contribution in [0.2, 0.25) is 10.0 Å². The number of aliphatic hydroxyl groups is 1. The molecular weight excluding hydrogens is 286 g/mol. The summed E-state index contributed by atoms with van der Waals surface area (Å²) >= 11 is 12.0. The Hall–Kier alpha value is -1.09. The summed E-state index contributed by atoms with van der Waals surface area (Å²) in [7, 11) is 0. The summed E-state index contributed by atoms with van der Waals surface area (Å²) in [5, 5.41) is 10.6. The molecule has 0 saturated carbocycles. The van der Waals surface area contributed by atoms with E-state index < -0.39 is 0 Å². The second-order valence-corrected chi connectivity index (χ2v) is 5.22. The molecule has 0 saturated heterocycles. The van der Waals surface area contributed by atoms with Gasteiger partial charge in [0.15, 0.2) is 0 Å². The SMILES string of the molecule is OCC(Cc1cc(F)ccc1Cl)c1cccc(Cl)c1. The summed E-state index contributed by atoms with van der Waals surface area (Å²) in [6.07, 6.45) is 0.466. The highest BCUT2D eigenvalue weighted by Crippen LogP contribution is 2.27. The summed E-state index contributed by atoms with van der Waals surface area (Å²) in [4.78, 5) is 0. The highest BCUT2D eigenvalue weighted by molar-refractivity contribution is 6.31. The number of hydrogen-bond acceptors (Lipinski definition) is 1. The van der Waals surface area contributed by atoms with Crippen LogP contribution in [0.4, 0.5) is 4.39 Å². The fourth-order valence-electron chi connectivity index (χ4n) is 2.01. The maximum atomic E-state index is 13.2. The summed E-state index contributed by atoms with van der Waals surface area (Å²) in [6, 6.07) is 11.5. The van der Waals surface area contributed by atoms with Crippen molar-refractivity contribution in [1.29, 1.82) is 0 Å². The van der Waals surface area contributed by atoms with Crippen LogP contribution in [0.3, 0.4) is 0 Å². The normalized spacial score (nSPS) is 12.4. The van der Waals surface area contributed by atoms with Crippen molar-refractivity contribution >= 4 is 23.2 Å². The molecule has 0 amide bonds. The third-order valence-electron chi connectivity index (χ3n) is 3.01. The summed E-state index contributed by atoms with van der Waals surface area (Å²) < 4.78 is 13.2. The Morgan fingerprint density at radius 3 is 2.58 bits per heavy atom. The molecule has 0 aliphatic heterocycles. The number of rotatable bonds is 4. The lowest BCUT2D eigenvalue weighted by atomic mass is 9.92. The Morgan fingerprint density at radius 1 is 1.11 bits per heavy atom. The van der Waals surface area contributed by atoms with Gasteiger partial charge in [-0.3, -0.25) is 0 Å². The minimum absolute atomic E-state index is 0.0484. The summed E-state index contributed by atoms with van der Waals surface area (Å²) in [6.45, 7) is -0.0484. The van der Waals surface area contributed by atoms with Crippen LogP contribution in [-0.2, 0) is 6.42 Å². The Labute approximate surface area is 121 Å². The molecule has 1 atom stereocenters. The number of benzene rings is 2. The first-order valence-electron chi connectivity index (χ1n) is 5.90. The van der Waals surface area contributed by atoms with Crippen LogP contribution in [0.25, 0.3) is 0 Å². The lowest BCUT2D eigenvalue weighted by Gasteiger charge is -2.16. The van der Waals surface area contributed by atoms with Crippen LogP contribution in [0, 0.1) is 5.82 Å². The van der Waals surface area contributed by atoms with E-state index in [0.29, 0.717) is 22.0 Å². The number of hydrogen-bond donors (Lipinski definition) is 1. The van der Waals surface area contributed by atoms with Gasteiger partial charge in [-0.1, -0.05) is 35.3 Å². The molecule has 2 aromatic carbocycles. The molecule has 2 aromatic rings. The first-order valence-corrected chi connectivity index (χ1v) is 6.66. The van der Waals surface area contributed by atoms with Crippen molar-refractivity contribution in [3.63, 3.8) is 0 Å². The van der Waals surface area contributed by atoms with Crippen molar-refractivity contribution in [3.05, 3.63) is 69.5 Å². The molecule has 19 heavy (non-hydrogen) atoms. The van der Waals surface area contributed by atoms with E-state index in [2.05, 4.69) is 0 Å². The molecule has 4 heteroatoms. The van der Waals surface area contributed by atoms with Crippen LogP contribution in [0.15, 0.2) is 42.5 Å². The molecule has 1 unspecified atom stereocenters. The standard InChI is InChI=1S/C15H13Cl2FO/c16-13-3-1-2-10(7-13)12(9-19)6-11-8-14(18)4-5-15(11)17/h1-5,7-8,12,19H,6,9H2. The minimum atomic E-state index is -0.331. The zero-order chi connectivity index (χ0) is 13.8. The van der Waals surface area contributed by atoms with Crippen LogP contribution < -0.4 is 0 Å². The van der Waals surface area contributed by atoms with E-state index in [4.69, 9.17) is 23.2 Å². The van der Waals surface area contributed by atoms with Gasteiger partial charge >= 0.3 is 0 Å². The van der Waals surface area contributed by atoms with Gasteiger partial charge < -0.3 is 5.11 Å². The van der Waals surface area contributed by atoms with Crippen LogP contribution in [-0.4, -0.2) is 11.7 Å². The summed E-state index contributed by atoms with van der Waals surface area (Å²) in [5.74, 6) is -0.486. The van der Waals surface area contributed by atoms with Crippen molar-refractivity contribution in [2.24, 2.45) is 0 Å². The monoisotopic (exact) mass is 298 g/mol. The van der Waals surface area contributed by atoms with E-state index in [0.717, 1.165) is 5.56 Å². The predicted molar refractivity (Wildman–Crippen MR) is 76.4 cm³/mol. The van der Waals surface area contributed by atoms with Gasteiger partial charge in [-0.15, -0.1) is 0 Å². The molecule has 0 aliphatic carbocycles. The van der Waals surface area contributed by atoms with E-state index in [1.165, 1.54) is 18.2 Å². The smallest absolute Gasteiger partial charge is 0.123 e. The van der Waals surface area contributed by atoms with Crippen molar-refractivity contribution in [1.82, 2.24) is 0 Å². The molecule has 1 nitrogen and oxygen atoms in total. The third kappa shape index (κ3) is 3.69. The lowest BCUT2D eigenvalue weighted by molar-refractivity contribution is 0.264. The van der Waals surface area contributed by atoms with Gasteiger partial charge in [-0.05, 0) is 47.9 Å². The Balaban J connectivity index is 2.26. The molecule has 2 rings (SSSR count). The molecule has 0 aliphatic rings. The zero-order valence-electron chi connectivity index (χ0n) is 10.1. The predicted octanol–water partition coefficient (Wildman–Crippen LogP) is 4.45. The molecule has 0 radical (unpaired) electrons. The zero-order valence-corrected chi connectivity index (χ0v) is 11.6. The van der Waals surface area contributed by atoms with Crippen molar-refractivity contribution in [2.45, 2.75) is 12.3 Å².